The molecule has 1 aromatic carbocycles. The molecule has 0 aromatic heterocycles. The van der Waals surface area contributed by atoms with E-state index < -0.39 is 16.9 Å². The summed E-state index contributed by atoms with van der Waals surface area (Å²) in [5, 5.41) is 16.4. The van der Waals surface area contributed by atoms with Gasteiger partial charge >= 0.3 is 0 Å². The number of nitrogens with two attached hydrogens (primary N) is 1. The molecule has 0 radical (unpaired) electrons. The number of fused-ring (bicyclic) bond motifs is 1. The van der Waals surface area contributed by atoms with Crippen molar-refractivity contribution in [2.75, 3.05) is 10.6 Å². The third-order valence-corrected chi connectivity index (χ3v) is 3.11. The minimum Gasteiger partial charge on any atom is -0.368 e. The van der Waals surface area contributed by atoms with Crippen LogP contribution in [0, 0.1) is 10.1 Å². The molecule has 0 saturated carbocycles. The first-order valence-electron chi connectivity index (χ1n) is 6.05. The second-order valence-electron chi connectivity index (χ2n) is 4.60. The Hall–Kier alpha value is -2.64. The fraction of sp³-hybridized carbons (Fsp3) is 0.333. The van der Waals surface area contributed by atoms with E-state index in [9.17, 15) is 19.7 Å². The van der Waals surface area contributed by atoms with Crippen molar-refractivity contribution in [2.24, 2.45) is 5.73 Å². The van der Waals surface area contributed by atoms with Crippen LogP contribution in [0.1, 0.15) is 18.9 Å². The summed E-state index contributed by atoms with van der Waals surface area (Å²) in [6.07, 6.45) is 0.828. The first-order valence-corrected chi connectivity index (χ1v) is 6.05. The molecule has 2 rings (SSSR count). The van der Waals surface area contributed by atoms with Gasteiger partial charge in [-0.25, -0.2) is 0 Å². The lowest BCUT2D eigenvalue weighted by Crippen LogP contribution is -2.32. The Labute approximate surface area is 114 Å². The number of nitro groups is 1. The third-order valence-electron chi connectivity index (χ3n) is 3.11. The summed E-state index contributed by atoms with van der Waals surface area (Å²) in [6.45, 7) is 1.52. The Morgan fingerprint density at radius 3 is 2.80 bits per heavy atom. The van der Waals surface area contributed by atoms with E-state index in [2.05, 4.69) is 10.6 Å². The van der Waals surface area contributed by atoms with Crippen LogP contribution in [0.15, 0.2) is 12.1 Å². The summed E-state index contributed by atoms with van der Waals surface area (Å²) >= 11 is 0. The molecule has 0 bridgehead atoms. The van der Waals surface area contributed by atoms with E-state index in [1.807, 2.05) is 0 Å². The molecule has 1 unspecified atom stereocenters. The second kappa shape index (κ2) is 5.16. The van der Waals surface area contributed by atoms with Gasteiger partial charge in [0.2, 0.25) is 11.8 Å². The zero-order valence-corrected chi connectivity index (χ0v) is 10.8. The van der Waals surface area contributed by atoms with Crippen molar-refractivity contribution in [3.05, 3.63) is 27.8 Å². The monoisotopic (exact) mass is 278 g/mol. The molecular weight excluding hydrogens is 264 g/mol. The fourth-order valence-corrected chi connectivity index (χ4v) is 1.99. The molecule has 1 aromatic rings. The number of nitrogens with one attached hydrogen (secondary N) is 2. The van der Waals surface area contributed by atoms with Crippen LogP contribution in [0.4, 0.5) is 17.1 Å². The van der Waals surface area contributed by atoms with Crippen molar-refractivity contribution in [1.82, 2.24) is 0 Å². The van der Waals surface area contributed by atoms with Gasteiger partial charge in [-0.3, -0.25) is 19.7 Å². The standard InChI is InChI=1S/C12H14N4O4/c1-6(12(13)18)14-9-4-7-2-3-11(17)15-8(7)5-10(9)16(19)20/h4-6,14H,2-3H2,1H3,(H2,13,18)(H,15,17). The number of anilines is 2. The Morgan fingerprint density at radius 1 is 1.50 bits per heavy atom. The second-order valence-corrected chi connectivity index (χ2v) is 4.60. The van der Waals surface area contributed by atoms with Crippen molar-refractivity contribution in [1.29, 1.82) is 0 Å². The summed E-state index contributed by atoms with van der Waals surface area (Å²) < 4.78 is 0. The zero-order valence-electron chi connectivity index (χ0n) is 10.8. The smallest absolute Gasteiger partial charge is 0.294 e. The van der Waals surface area contributed by atoms with Crippen molar-refractivity contribution < 1.29 is 14.5 Å². The van der Waals surface area contributed by atoms with Gasteiger partial charge in [-0.1, -0.05) is 0 Å². The van der Waals surface area contributed by atoms with E-state index >= 15 is 0 Å². The topological polar surface area (TPSA) is 127 Å². The first kappa shape index (κ1) is 13.8. The summed E-state index contributed by atoms with van der Waals surface area (Å²) in [6, 6.07) is 2.14. The van der Waals surface area contributed by atoms with E-state index in [-0.39, 0.29) is 17.3 Å². The van der Waals surface area contributed by atoms with Crippen LogP contribution in [-0.4, -0.2) is 22.8 Å². The lowest BCUT2D eigenvalue weighted by atomic mass is 10.0. The molecule has 1 atom stereocenters. The number of benzene rings is 1. The molecule has 0 aliphatic carbocycles. The number of hydrogen-bond acceptors (Lipinski definition) is 5. The minimum atomic E-state index is -0.732. The molecule has 4 N–H and O–H groups in total. The predicted octanol–water partition coefficient (Wildman–Crippen LogP) is 0.765. The van der Waals surface area contributed by atoms with Gasteiger partial charge in [0, 0.05) is 12.5 Å². The molecule has 2 amide bonds. The third kappa shape index (κ3) is 2.68. The summed E-state index contributed by atoms with van der Waals surface area (Å²) in [4.78, 5) is 32.9. The molecule has 0 fully saturated rings. The number of carbonyl (C=O) groups excluding carboxylic acids is 2. The zero-order chi connectivity index (χ0) is 14.9. The van der Waals surface area contributed by atoms with E-state index in [1.54, 1.807) is 6.07 Å². The van der Waals surface area contributed by atoms with Gasteiger partial charge < -0.3 is 16.4 Å². The van der Waals surface area contributed by atoms with Gasteiger partial charge in [-0.2, -0.15) is 0 Å². The highest BCUT2D eigenvalue weighted by molar-refractivity contribution is 5.95. The Balaban J connectivity index is 2.42. The molecule has 106 valence electrons. The Kier molecular flexibility index (Phi) is 3.55. The number of nitrogens with zero attached hydrogens (tertiary/aromatic N) is 1. The van der Waals surface area contributed by atoms with E-state index in [1.165, 1.54) is 13.0 Å². The van der Waals surface area contributed by atoms with Crippen LogP contribution in [0.5, 0.6) is 0 Å². The first-order chi connectivity index (χ1) is 9.38. The number of rotatable bonds is 4. The van der Waals surface area contributed by atoms with E-state index in [0.29, 0.717) is 18.5 Å². The normalized spacial score (nSPS) is 14.9. The lowest BCUT2D eigenvalue weighted by molar-refractivity contribution is -0.383. The highest BCUT2D eigenvalue weighted by atomic mass is 16.6. The van der Waals surface area contributed by atoms with Crippen LogP contribution in [-0.2, 0) is 16.0 Å². The van der Waals surface area contributed by atoms with Crippen molar-refractivity contribution in [3.8, 4) is 0 Å². The van der Waals surface area contributed by atoms with Crippen molar-refractivity contribution in [2.45, 2.75) is 25.8 Å². The van der Waals surface area contributed by atoms with Crippen LogP contribution in [0.3, 0.4) is 0 Å². The number of amides is 2. The number of nitro benzene ring substituents is 1. The van der Waals surface area contributed by atoms with Gasteiger partial charge in [-0.15, -0.1) is 0 Å². The molecule has 20 heavy (non-hydrogen) atoms. The average Bonchev–Trinajstić information content (AvgIpc) is 2.37. The lowest BCUT2D eigenvalue weighted by Gasteiger charge is -2.19. The van der Waals surface area contributed by atoms with Crippen LogP contribution in [0.25, 0.3) is 0 Å². The molecule has 8 heteroatoms. The number of primary amides is 1. The molecule has 1 aliphatic rings. The maximum atomic E-state index is 11.3. The van der Waals surface area contributed by atoms with Gasteiger partial charge in [0.25, 0.3) is 5.69 Å². The highest BCUT2D eigenvalue weighted by Crippen LogP contribution is 2.34. The molecule has 8 nitrogen and oxygen atoms in total. The van der Waals surface area contributed by atoms with Gasteiger partial charge in [-0.05, 0) is 25.0 Å². The molecule has 1 heterocycles. The molecule has 0 spiro atoms. The highest BCUT2D eigenvalue weighted by Gasteiger charge is 2.24. The quantitative estimate of drug-likeness (QED) is 0.553. The number of carbonyl (C=O) groups is 2. The van der Waals surface area contributed by atoms with Gasteiger partial charge in [0.05, 0.1) is 10.6 Å². The maximum absolute atomic E-state index is 11.3. The van der Waals surface area contributed by atoms with Crippen molar-refractivity contribution in [3.63, 3.8) is 0 Å². The average molecular weight is 278 g/mol. The van der Waals surface area contributed by atoms with Crippen LogP contribution >= 0.6 is 0 Å². The number of aryl methyl sites for hydroxylation is 1. The van der Waals surface area contributed by atoms with Crippen molar-refractivity contribution >= 4 is 28.9 Å². The van der Waals surface area contributed by atoms with Crippen LogP contribution in [0.2, 0.25) is 0 Å². The van der Waals surface area contributed by atoms with Crippen LogP contribution < -0.4 is 16.4 Å². The van der Waals surface area contributed by atoms with E-state index in [0.717, 1.165) is 5.56 Å². The van der Waals surface area contributed by atoms with E-state index in [4.69, 9.17) is 5.73 Å². The molecular formula is C12H14N4O4. The molecule has 1 aliphatic heterocycles. The minimum absolute atomic E-state index is 0.169. The van der Waals surface area contributed by atoms with Gasteiger partial charge in [0.1, 0.15) is 11.7 Å². The number of hydrogen-bond donors (Lipinski definition) is 3. The predicted molar refractivity (Wildman–Crippen MR) is 72.3 cm³/mol. The Bertz CT molecular complexity index is 599. The fourth-order valence-electron chi connectivity index (χ4n) is 1.99. The Morgan fingerprint density at radius 2 is 2.20 bits per heavy atom. The SMILES string of the molecule is CC(Nc1cc2c(cc1[N+](=O)[O-])NC(=O)CC2)C(N)=O. The van der Waals surface area contributed by atoms with Gasteiger partial charge in [0.15, 0.2) is 0 Å². The summed E-state index contributed by atoms with van der Waals surface area (Å²) in [7, 11) is 0. The largest absolute Gasteiger partial charge is 0.368 e. The summed E-state index contributed by atoms with van der Waals surface area (Å²) in [5.41, 5.74) is 6.37. The maximum Gasteiger partial charge on any atom is 0.294 e. The molecule has 0 saturated heterocycles. The summed E-state index contributed by atoms with van der Waals surface area (Å²) in [5.74, 6) is -0.775.